The first-order valence-corrected chi connectivity index (χ1v) is 7.44. The predicted molar refractivity (Wildman–Crippen MR) is 74.2 cm³/mol. The first-order chi connectivity index (χ1) is 8.03. The molecule has 1 heterocycles. The molecule has 0 spiro atoms. The Labute approximate surface area is 107 Å². The molecule has 0 aromatic heterocycles. The summed E-state index contributed by atoms with van der Waals surface area (Å²) in [5.41, 5.74) is 0.578. The zero-order valence-corrected chi connectivity index (χ0v) is 12.1. The van der Waals surface area contributed by atoms with Crippen LogP contribution in [0, 0.1) is 11.3 Å². The first-order valence-electron chi connectivity index (χ1n) is 7.44. The topological polar surface area (TPSA) is 15.3 Å². The van der Waals surface area contributed by atoms with Gasteiger partial charge >= 0.3 is 0 Å². The van der Waals surface area contributed by atoms with Crippen LogP contribution in [0.15, 0.2) is 0 Å². The van der Waals surface area contributed by atoms with Gasteiger partial charge in [-0.2, -0.15) is 0 Å². The summed E-state index contributed by atoms with van der Waals surface area (Å²) in [6.45, 7) is 9.86. The van der Waals surface area contributed by atoms with Crippen molar-refractivity contribution in [3.05, 3.63) is 0 Å². The van der Waals surface area contributed by atoms with Crippen molar-refractivity contribution in [2.24, 2.45) is 11.3 Å². The summed E-state index contributed by atoms with van der Waals surface area (Å²) in [6.07, 6.45) is 7.02. The summed E-state index contributed by atoms with van der Waals surface area (Å²) in [4.78, 5) is 2.82. The van der Waals surface area contributed by atoms with Crippen LogP contribution >= 0.6 is 0 Å². The second kappa shape index (κ2) is 5.27. The minimum atomic E-state index is 0.578. The molecule has 0 amide bonds. The van der Waals surface area contributed by atoms with Gasteiger partial charge in [0, 0.05) is 18.6 Å². The van der Waals surface area contributed by atoms with E-state index in [2.05, 4.69) is 38.0 Å². The van der Waals surface area contributed by atoms with E-state index in [0.29, 0.717) is 5.41 Å². The highest BCUT2D eigenvalue weighted by Crippen LogP contribution is 2.41. The number of nitrogens with zero attached hydrogens (tertiary/aromatic N) is 1. The van der Waals surface area contributed by atoms with Crippen molar-refractivity contribution in [1.82, 2.24) is 10.2 Å². The van der Waals surface area contributed by atoms with Crippen LogP contribution in [-0.4, -0.2) is 37.1 Å². The molecular formula is C15H30N2. The van der Waals surface area contributed by atoms with E-state index in [9.17, 15) is 0 Å². The van der Waals surface area contributed by atoms with Gasteiger partial charge in [-0.3, -0.25) is 4.90 Å². The van der Waals surface area contributed by atoms with Crippen LogP contribution in [0.2, 0.25) is 0 Å². The fourth-order valence-electron chi connectivity index (χ4n) is 4.17. The summed E-state index contributed by atoms with van der Waals surface area (Å²) in [5, 5.41) is 3.37. The van der Waals surface area contributed by atoms with E-state index in [4.69, 9.17) is 0 Å². The van der Waals surface area contributed by atoms with E-state index in [1.165, 1.54) is 45.2 Å². The van der Waals surface area contributed by atoms with Crippen molar-refractivity contribution in [2.75, 3.05) is 20.1 Å². The number of likely N-dealkylation sites (tertiary alicyclic amines) is 1. The van der Waals surface area contributed by atoms with Crippen molar-refractivity contribution in [2.45, 2.75) is 65.0 Å². The third-order valence-electron chi connectivity index (χ3n) is 4.94. The normalized spacial score (nSPS) is 38.5. The molecule has 1 aliphatic heterocycles. The minimum Gasteiger partial charge on any atom is -0.318 e. The largest absolute Gasteiger partial charge is 0.318 e. The molecule has 17 heavy (non-hydrogen) atoms. The lowest BCUT2D eigenvalue weighted by molar-refractivity contribution is 0.0525. The zero-order chi connectivity index (χ0) is 12.5. The third kappa shape index (κ3) is 3.03. The van der Waals surface area contributed by atoms with Crippen LogP contribution < -0.4 is 5.32 Å². The lowest BCUT2D eigenvalue weighted by Gasteiger charge is -2.45. The lowest BCUT2D eigenvalue weighted by Crippen LogP contribution is -2.49. The second-order valence-corrected chi connectivity index (χ2v) is 7.04. The van der Waals surface area contributed by atoms with E-state index in [1.54, 1.807) is 0 Å². The van der Waals surface area contributed by atoms with Crippen molar-refractivity contribution >= 4 is 0 Å². The summed E-state index contributed by atoms with van der Waals surface area (Å²) in [6, 6.07) is 1.65. The molecule has 0 aromatic carbocycles. The van der Waals surface area contributed by atoms with Crippen LogP contribution in [0.25, 0.3) is 0 Å². The Hall–Kier alpha value is -0.0800. The summed E-state index contributed by atoms with van der Waals surface area (Å²) >= 11 is 0. The molecule has 0 bridgehead atoms. The fourth-order valence-corrected chi connectivity index (χ4v) is 4.17. The molecule has 2 heteroatoms. The summed E-state index contributed by atoms with van der Waals surface area (Å²) < 4.78 is 0. The molecule has 3 atom stereocenters. The van der Waals surface area contributed by atoms with E-state index in [1.807, 2.05) is 0 Å². The smallest absolute Gasteiger partial charge is 0.0224 e. The number of nitrogens with one attached hydrogen (secondary N) is 1. The van der Waals surface area contributed by atoms with E-state index >= 15 is 0 Å². The maximum Gasteiger partial charge on any atom is 0.0224 e. The van der Waals surface area contributed by atoms with Gasteiger partial charge in [-0.05, 0) is 57.0 Å². The van der Waals surface area contributed by atoms with Crippen molar-refractivity contribution in [1.29, 1.82) is 0 Å². The van der Waals surface area contributed by atoms with Crippen molar-refractivity contribution in [3.63, 3.8) is 0 Å². The first kappa shape index (κ1) is 13.4. The number of rotatable bonds is 3. The Morgan fingerprint density at radius 1 is 1.29 bits per heavy atom. The molecular weight excluding hydrogens is 208 g/mol. The second-order valence-electron chi connectivity index (χ2n) is 7.04. The molecule has 0 aromatic rings. The zero-order valence-electron chi connectivity index (χ0n) is 12.1. The van der Waals surface area contributed by atoms with Gasteiger partial charge in [-0.25, -0.2) is 0 Å². The SMILES string of the molecule is CNCC1CCCN1C1CCC(C)(C)CC1C. The van der Waals surface area contributed by atoms with Crippen molar-refractivity contribution < 1.29 is 0 Å². The van der Waals surface area contributed by atoms with Gasteiger partial charge in [0.25, 0.3) is 0 Å². The van der Waals surface area contributed by atoms with Gasteiger partial charge in [0.2, 0.25) is 0 Å². The average molecular weight is 238 g/mol. The van der Waals surface area contributed by atoms with Gasteiger partial charge in [0.15, 0.2) is 0 Å². The van der Waals surface area contributed by atoms with Crippen LogP contribution in [0.5, 0.6) is 0 Å². The Morgan fingerprint density at radius 3 is 2.71 bits per heavy atom. The van der Waals surface area contributed by atoms with Gasteiger partial charge in [-0.15, -0.1) is 0 Å². The number of likely N-dealkylation sites (N-methyl/N-ethyl adjacent to an activating group) is 1. The highest BCUT2D eigenvalue weighted by molar-refractivity contribution is 4.93. The Bertz CT molecular complexity index is 249. The van der Waals surface area contributed by atoms with Gasteiger partial charge in [0.1, 0.15) is 0 Å². The Morgan fingerprint density at radius 2 is 2.06 bits per heavy atom. The highest BCUT2D eigenvalue weighted by Gasteiger charge is 2.38. The van der Waals surface area contributed by atoms with Crippen LogP contribution in [0.4, 0.5) is 0 Å². The molecule has 1 saturated carbocycles. The van der Waals surface area contributed by atoms with Gasteiger partial charge in [-0.1, -0.05) is 20.8 Å². The monoisotopic (exact) mass is 238 g/mol. The minimum absolute atomic E-state index is 0.578. The van der Waals surface area contributed by atoms with E-state index in [-0.39, 0.29) is 0 Å². The summed E-state index contributed by atoms with van der Waals surface area (Å²) in [5.74, 6) is 0.871. The molecule has 2 nitrogen and oxygen atoms in total. The highest BCUT2D eigenvalue weighted by atomic mass is 15.2. The van der Waals surface area contributed by atoms with Gasteiger partial charge < -0.3 is 5.32 Å². The quantitative estimate of drug-likeness (QED) is 0.813. The molecule has 1 N–H and O–H groups in total. The molecule has 3 unspecified atom stereocenters. The Balaban J connectivity index is 1.97. The molecule has 2 rings (SSSR count). The molecule has 2 fully saturated rings. The Kier molecular flexibility index (Phi) is 4.14. The predicted octanol–water partition coefficient (Wildman–Crippen LogP) is 2.89. The lowest BCUT2D eigenvalue weighted by atomic mass is 9.70. The van der Waals surface area contributed by atoms with Crippen molar-refractivity contribution in [3.8, 4) is 0 Å². The molecule has 100 valence electrons. The number of hydrogen-bond acceptors (Lipinski definition) is 2. The van der Waals surface area contributed by atoms with Crippen LogP contribution in [0.3, 0.4) is 0 Å². The molecule has 1 aliphatic carbocycles. The van der Waals surface area contributed by atoms with E-state index in [0.717, 1.165) is 18.0 Å². The van der Waals surface area contributed by atoms with Crippen LogP contribution in [0.1, 0.15) is 52.9 Å². The molecule has 2 aliphatic rings. The maximum absolute atomic E-state index is 3.37. The van der Waals surface area contributed by atoms with Gasteiger partial charge in [0.05, 0.1) is 0 Å². The third-order valence-corrected chi connectivity index (χ3v) is 4.94. The van der Waals surface area contributed by atoms with E-state index < -0.39 is 0 Å². The molecule has 0 radical (unpaired) electrons. The standard InChI is InChI=1S/C15H30N2/c1-12-10-15(2,3)8-7-14(12)17-9-5-6-13(17)11-16-4/h12-14,16H,5-11H2,1-4H3. The number of hydrogen-bond donors (Lipinski definition) is 1. The molecule has 1 saturated heterocycles. The maximum atomic E-state index is 3.37. The average Bonchev–Trinajstić information content (AvgIpc) is 2.65. The van der Waals surface area contributed by atoms with Crippen LogP contribution in [-0.2, 0) is 0 Å². The fraction of sp³-hybridized carbons (Fsp3) is 1.00. The summed E-state index contributed by atoms with van der Waals surface area (Å²) in [7, 11) is 2.09.